The van der Waals surface area contributed by atoms with Gasteiger partial charge in [-0.15, -0.1) is 0 Å². The standard InChI is InChI=1S/C29H28F4N8O/c30-20-5-8-22(23(15-20)29(31,32)33)27(42)35-21-6-1-18(2-7-21)17-40-11-13-41(14-12-40)28-34-10-9-25(37-28)36-26-16-24(38-39-26)19-3-4-19/h1-2,5-10,15-16,19H,3-4,11-14,17H2,(H,35,42)(H2,34,36,37,38,39). The van der Waals surface area contributed by atoms with Crippen molar-refractivity contribution in [2.24, 2.45) is 0 Å². The van der Waals surface area contributed by atoms with Crippen LogP contribution in [0.2, 0.25) is 0 Å². The molecule has 0 bridgehead atoms. The van der Waals surface area contributed by atoms with E-state index in [1.165, 1.54) is 12.8 Å². The Morgan fingerprint density at radius 2 is 1.74 bits per heavy atom. The van der Waals surface area contributed by atoms with Crippen LogP contribution in [0.1, 0.15) is 45.9 Å². The van der Waals surface area contributed by atoms with Crippen molar-refractivity contribution < 1.29 is 22.4 Å². The number of H-pyrrole nitrogens is 1. The molecular weight excluding hydrogens is 552 g/mol. The highest BCUT2D eigenvalue weighted by Crippen LogP contribution is 2.39. The van der Waals surface area contributed by atoms with E-state index in [0.29, 0.717) is 36.0 Å². The Labute approximate surface area is 239 Å². The molecule has 1 amide bonds. The lowest BCUT2D eigenvalue weighted by Crippen LogP contribution is -2.46. The van der Waals surface area contributed by atoms with E-state index in [1.54, 1.807) is 18.3 Å². The fourth-order valence-electron chi connectivity index (χ4n) is 4.91. The summed E-state index contributed by atoms with van der Waals surface area (Å²) in [7, 11) is 0. The summed E-state index contributed by atoms with van der Waals surface area (Å²) in [6, 6.07) is 12.7. The van der Waals surface area contributed by atoms with Crippen molar-refractivity contribution in [2.75, 3.05) is 41.7 Å². The molecule has 0 spiro atoms. The van der Waals surface area contributed by atoms with Crippen molar-refractivity contribution in [1.82, 2.24) is 25.1 Å². The number of nitrogens with zero attached hydrogens (tertiary/aromatic N) is 5. The molecule has 2 aromatic carbocycles. The predicted molar refractivity (Wildman–Crippen MR) is 149 cm³/mol. The number of aromatic nitrogens is 4. The molecule has 218 valence electrons. The second-order valence-electron chi connectivity index (χ2n) is 10.5. The zero-order valence-electron chi connectivity index (χ0n) is 22.5. The maximum atomic E-state index is 13.4. The van der Waals surface area contributed by atoms with Crippen LogP contribution >= 0.6 is 0 Å². The van der Waals surface area contributed by atoms with Gasteiger partial charge in [0.2, 0.25) is 5.95 Å². The first-order chi connectivity index (χ1) is 20.2. The maximum Gasteiger partial charge on any atom is 0.417 e. The van der Waals surface area contributed by atoms with Gasteiger partial charge in [0.25, 0.3) is 5.91 Å². The van der Waals surface area contributed by atoms with E-state index in [9.17, 15) is 22.4 Å². The lowest BCUT2D eigenvalue weighted by Gasteiger charge is -2.34. The Bertz CT molecular complexity index is 1560. The second kappa shape index (κ2) is 11.4. The van der Waals surface area contributed by atoms with Crippen LogP contribution in [-0.2, 0) is 12.7 Å². The average molecular weight is 581 g/mol. The van der Waals surface area contributed by atoms with Crippen LogP contribution in [0.5, 0.6) is 0 Å². The number of alkyl halides is 3. The fourth-order valence-corrected chi connectivity index (χ4v) is 4.91. The van der Waals surface area contributed by atoms with Crippen LogP contribution in [0.3, 0.4) is 0 Å². The van der Waals surface area contributed by atoms with Crippen molar-refractivity contribution >= 4 is 29.2 Å². The normalized spacial score (nSPS) is 16.0. The molecule has 9 nitrogen and oxygen atoms in total. The van der Waals surface area contributed by atoms with Crippen molar-refractivity contribution in [3.63, 3.8) is 0 Å². The number of amides is 1. The first-order valence-electron chi connectivity index (χ1n) is 13.6. The molecule has 4 aromatic rings. The Morgan fingerprint density at radius 3 is 2.45 bits per heavy atom. The van der Waals surface area contributed by atoms with Gasteiger partial charge < -0.3 is 15.5 Å². The molecule has 1 aliphatic carbocycles. The van der Waals surface area contributed by atoms with Crippen LogP contribution < -0.4 is 15.5 Å². The van der Waals surface area contributed by atoms with Crippen molar-refractivity contribution in [1.29, 1.82) is 0 Å². The molecule has 6 rings (SSSR count). The van der Waals surface area contributed by atoms with Gasteiger partial charge in [-0.25, -0.2) is 9.37 Å². The van der Waals surface area contributed by atoms with Crippen LogP contribution in [0.25, 0.3) is 0 Å². The molecule has 0 unspecified atom stereocenters. The fraction of sp³-hybridized carbons (Fsp3) is 0.310. The summed E-state index contributed by atoms with van der Waals surface area (Å²) in [5.74, 6) is 0.630. The number of carbonyl (C=O) groups excluding carboxylic acids is 1. The number of hydrogen-bond donors (Lipinski definition) is 3. The summed E-state index contributed by atoms with van der Waals surface area (Å²) in [5, 5.41) is 13.1. The van der Waals surface area contributed by atoms with E-state index in [1.807, 2.05) is 24.3 Å². The zero-order chi connectivity index (χ0) is 29.3. The minimum absolute atomic E-state index is 0.322. The number of halogens is 4. The molecule has 42 heavy (non-hydrogen) atoms. The number of aromatic amines is 1. The third-order valence-corrected chi connectivity index (χ3v) is 7.32. The minimum Gasteiger partial charge on any atom is -0.338 e. The van der Waals surface area contributed by atoms with Gasteiger partial charge in [0, 0.05) is 62.3 Å². The summed E-state index contributed by atoms with van der Waals surface area (Å²) in [6.07, 6.45) is -0.731. The number of piperazine rings is 1. The number of anilines is 4. The molecule has 2 aromatic heterocycles. The minimum atomic E-state index is -4.85. The Kier molecular flexibility index (Phi) is 7.50. The Balaban J connectivity index is 1.01. The van der Waals surface area contributed by atoms with Crippen LogP contribution in [0, 0.1) is 5.82 Å². The van der Waals surface area contributed by atoms with Crippen LogP contribution in [0.15, 0.2) is 60.8 Å². The number of benzene rings is 2. The highest BCUT2D eigenvalue weighted by atomic mass is 19.4. The molecule has 2 fully saturated rings. The van der Waals surface area contributed by atoms with E-state index in [4.69, 9.17) is 0 Å². The lowest BCUT2D eigenvalue weighted by molar-refractivity contribution is -0.138. The third kappa shape index (κ3) is 6.51. The molecule has 0 atom stereocenters. The first kappa shape index (κ1) is 27.6. The Morgan fingerprint density at radius 1 is 0.976 bits per heavy atom. The number of rotatable bonds is 8. The van der Waals surface area contributed by atoms with Crippen LogP contribution in [0.4, 0.5) is 40.8 Å². The summed E-state index contributed by atoms with van der Waals surface area (Å²) < 4.78 is 53.2. The van der Waals surface area contributed by atoms with E-state index < -0.39 is 29.0 Å². The second-order valence-corrected chi connectivity index (χ2v) is 10.5. The number of carbonyl (C=O) groups is 1. The molecule has 1 aliphatic heterocycles. The van der Waals surface area contributed by atoms with Gasteiger partial charge in [0.15, 0.2) is 5.82 Å². The molecule has 3 N–H and O–H groups in total. The smallest absolute Gasteiger partial charge is 0.338 e. The highest BCUT2D eigenvalue weighted by Gasteiger charge is 2.35. The van der Waals surface area contributed by atoms with E-state index in [2.05, 4.69) is 40.6 Å². The van der Waals surface area contributed by atoms with Gasteiger partial charge in [-0.1, -0.05) is 12.1 Å². The summed E-state index contributed by atoms with van der Waals surface area (Å²) >= 11 is 0. The third-order valence-electron chi connectivity index (χ3n) is 7.32. The molecule has 1 saturated heterocycles. The van der Waals surface area contributed by atoms with Crippen molar-refractivity contribution in [3.05, 3.63) is 89.0 Å². The van der Waals surface area contributed by atoms with E-state index in [-0.39, 0.29) is 0 Å². The maximum absolute atomic E-state index is 13.4. The molecule has 1 saturated carbocycles. The monoisotopic (exact) mass is 580 g/mol. The van der Waals surface area contributed by atoms with Gasteiger partial charge in [-0.3, -0.25) is 14.8 Å². The predicted octanol–water partition coefficient (Wildman–Crippen LogP) is 5.55. The molecule has 3 heterocycles. The van der Waals surface area contributed by atoms with Crippen LogP contribution in [-0.4, -0.2) is 57.2 Å². The SMILES string of the molecule is O=C(Nc1ccc(CN2CCN(c3nccc(Nc4cc(C5CC5)[nH]n4)n3)CC2)cc1)c1ccc(F)cc1C(F)(F)F. The van der Waals surface area contributed by atoms with Gasteiger partial charge in [-0.2, -0.15) is 23.3 Å². The number of nitrogens with one attached hydrogen (secondary N) is 3. The Hall–Kier alpha value is -4.52. The largest absolute Gasteiger partial charge is 0.417 e. The molecule has 13 heteroatoms. The van der Waals surface area contributed by atoms with Gasteiger partial charge in [0.1, 0.15) is 11.6 Å². The summed E-state index contributed by atoms with van der Waals surface area (Å²) in [5.41, 5.74) is 0.526. The molecule has 0 radical (unpaired) electrons. The van der Waals surface area contributed by atoms with Gasteiger partial charge >= 0.3 is 6.18 Å². The zero-order valence-corrected chi connectivity index (χ0v) is 22.5. The summed E-state index contributed by atoms with van der Waals surface area (Å²) in [6.45, 7) is 3.72. The average Bonchev–Trinajstić information content (AvgIpc) is 3.72. The van der Waals surface area contributed by atoms with Gasteiger partial charge in [0.05, 0.1) is 11.1 Å². The topological polar surface area (TPSA) is 102 Å². The molecule has 2 aliphatic rings. The van der Waals surface area contributed by atoms with Crippen molar-refractivity contribution in [2.45, 2.75) is 31.5 Å². The van der Waals surface area contributed by atoms with Crippen molar-refractivity contribution in [3.8, 4) is 0 Å². The lowest BCUT2D eigenvalue weighted by atomic mass is 10.1. The quantitative estimate of drug-likeness (QED) is 0.235. The van der Waals surface area contributed by atoms with E-state index in [0.717, 1.165) is 55.4 Å². The van der Waals surface area contributed by atoms with Gasteiger partial charge in [-0.05, 0) is 54.8 Å². The highest BCUT2D eigenvalue weighted by molar-refractivity contribution is 6.05. The number of hydrogen-bond acceptors (Lipinski definition) is 7. The molecular formula is C29H28F4N8O. The first-order valence-corrected chi connectivity index (χ1v) is 13.6. The summed E-state index contributed by atoms with van der Waals surface area (Å²) in [4.78, 5) is 26.0. The van der Waals surface area contributed by atoms with E-state index >= 15 is 0 Å².